The molecule has 1 fully saturated rings. The zero-order valence-corrected chi connectivity index (χ0v) is 9.38. The van der Waals surface area contributed by atoms with Crippen molar-refractivity contribution in [2.75, 3.05) is 18.6 Å². The zero-order valence-electron chi connectivity index (χ0n) is 8.56. The molecule has 1 heterocycles. The van der Waals surface area contributed by atoms with E-state index < -0.39 is 21.7 Å². The van der Waals surface area contributed by atoms with Crippen LogP contribution in [-0.4, -0.2) is 38.8 Å². The molecule has 0 saturated carbocycles. The summed E-state index contributed by atoms with van der Waals surface area (Å²) in [5.74, 6) is -1.44. The van der Waals surface area contributed by atoms with Crippen molar-refractivity contribution >= 4 is 21.6 Å². The van der Waals surface area contributed by atoms with E-state index in [0.29, 0.717) is 12.8 Å². The number of esters is 1. The lowest BCUT2D eigenvalue weighted by Gasteiger charge is -2.20. The summed E-state index contributed by atoms with van der Waals surface area (Å²) in [6.45, 7) is 0. The van der Waals surface area contributed by atoms with Crippen molar-refractivity contribution in [3.8, 4) is 0 Å². The molecule has 0 radical (unpaired) electrons. The van der Waals surface area contributed by atoms with E-state index in [9.17, 15) is 18.0 Å². The van der Waals surface area contributed by atoms with Crippen molar-refractivity contribution in [2.45, 2.75) is 19.3 Å². The minimum atomic E-state index is -3.09. The number of ketones is 1. The summed E-state index contributed by atoms with van der Waals surface area (Å²) >= 11 is 0. The van der Waals surface area contributed by atoms with E-state index in [0.717, 1.165) is 0 Å². The van der Waals surface area contributed by atoms with Gasteiger partial charge in [-0.3, -0.25) is 9.59 Å². The molecule has 0 aromatic heterocycles. The number of Topliss-reactive ketones (excluding diaryl/α,β-unsaturated/α-hetero) is 1. The van der Waals surface area contributed by atoms with Crippen LogP contribution in [0.25, 0.3) is 0 Å². The van der Waals surface area contributed by atoms with Crippen LogP contribution in [0.5, 0.6) is 0 Å². The van der Waals surface area contributed by atoms with Gasteiger partial charge in [-0.1, -0.05) is 0 Å². The fraction of sp³-hybridized carbons (Fsp3) is 0.778. The highest BCUT2D eigenvalue weighted by atomic mass is 32.2. The molecular formula is C9H14O5S. The van der Waals surface area contributed by atoms with Gasteiger partial charge in [0.25, 0.3) is 0 Å². The number of sulfone groups is 1. The van der Waals surface area contributed by atoms with Gasteiger partial charge in [-0.2, -0.15) is 0 Å². The van der Waals surface area contributed by atoms with Crippen molar-refractivity contribution in [1.29, 1.82) is 0 Å². The first-order valence-electron chi connectivity index (χ1n) is 4.74. The SMILES string of the molecule is COC(=O)CC(=O)C1CCCS(=O)(=O)C1. The fourth-order valence-corrected chi connectivity index (χ4v) is 3.37. The lowest BCUT2D eigenvalue weighted by molar-refractivity contribution is -0.144. The number of carbonyl (C=O) groups excluding carboxylic acids is 2. The summed E-state index contributed by atoms with van der Waals surface area (Å²) in [5, 5.41) is 0. The lowest BCUT2D eigenvalue weighted by Crippen LogP contribution is -2.31. The van der Waals surface area contributed by atoms with E-state index in [4.69, 9.17) is 0 Å². The Bertz CT molecular complexity index is 357. The van der Waals surface area contributed by atoms with E-state index in [-0.39, 0.29) is 23.7 Å². The van der Waals surface area contributed by atoms with E-state index in [1.54, 1.807) is 0 Å². The minimum Gasteiger partial charge on any atom is -0.469 e. The first-order valence-corrected chi connectivity index (χ1v) is 6.56. The van der Waals surface area contributed by atoms with Gasteiger partial charge in [-0.15, -0.1) is 0 Å². The van der Waals surface area contributed by atoms with Gasteiger partial charge in [0.15, 0.2) is 9.84 Å². The topological polar surface area (TPSA) is 77.5 Å². The molecule has 0 bridgehead atoms. The Kier molecular flexibility index (Phi) is 3.84. The predicted molar refractivity (Wildman–Crippen MR) is 53.0 cm³/mol. The average molecular weight is 234 g/mol. The second-order valence-corrected chi connectivity index (χ2v) is 5.90. The molecule has 0 N–H and O–H groups in total. The predicted octanol–water partition coefficient (Wildman–Crippen LogP) is -0.0566. The van der Waals surface area contributed by atoms with Gasteiger partial charge in [-0.05, 0) is 12.8 Å². The van der Waals surface area contributed by atoms with Crippen LogP contribution in [0.4, 0.5) is 0 Å². The first-order chi connectivity index (χ1) is 6.94. The third kappa shape index (κ3) is 3.62. The molecule has 1 aliphatic heterocycles. The molecule has 0 aromatic rings. The molecule has 1 aliphatic rings. The summed E-state index contributed by atoms with van der Waals surface area (Å²) < 4.78 is 26.9. The second kappa shape index (κ2) is 4.74. The number of hydrogen-bond acceptors (Lipinski definition) is 5. The average Bonchev–Trinajstić information content (AvgIpc) is 2.16. The highest BCUT2D eigenvalue weighted by Crippen LogP contribution is 2.20. The summed E-state index contributed by atoms with van der Waals surface area (Å²) in [6, 6.07) is 0. The summed E-state index contributed by atoms with van der Waals surface area (Å²) in [5.41, 5.74) is 0. The summed E-state index contributed by atoms with van der Waals surface area (Å²) in [4.78, 5) is 22.3. The van der Waals surface area contributed by atoms with Crippen LogP contribution in [0, 0.1) is 5.92 Å². The minimum absolute atomic E-state index is 0.122. The molecule has 86 valence electrons. The van der Waals surface area contributed by atoms with E-state index >= 15 is 0 Å². The zero-order chi connectivity index (χ0) is 11.5. The van der Waals surface area contributed by atoms with Crippen LogP contribution >= 0.6 is 0 Å². The third-order valence-electron chi connectivity index (χ3n) is 2.46. The monoisotopic (exact) mass is 234 g/mol. The van der Waals surface area contributed by atoms with Crippen molar-refractivity contribution in [3.63, 3.8) is 0 Å². The van der Waals surface area contributed by atoms with Gasteiger partial charge in [0.1, 0.15) is 12.2 Å². The highest BCUT2D eigenvalue weighted by molar-refractivity contribution is 7.91. The molecule has 1 unspecified atom stereocenters. The van der Waals surface area contributed by atoms with Crippen LogP contribution in [0.15, 0.2) is 0 Å². The van der Waals surface area contributed by atoms with E-state index in [2.05, 4.69) is 4.74 Å². The van der Waals surface area contributed by atoms with E-state index in [1.165, 1.54) is 7.11 Å². The molecule has 0 spiro atoms. The third-order valence-corrected chi connectivity index (χ3v) is 4.29. The number of hydrogen-bond donors (Lipinski definition) is 0. The highest BCUT2D eigenvalue weighted by Gasteiger charge is 2.30. The Balaban J connectivity index is 2.57. The van der Waals surface area contributed by atoms with Crippen molar-refractivity contribution in [3.05, 3.63) is 0 Å². The summed E-state index contributed by atoms with van der Waals surface area (Å²) in [7, 11) is -1.89. The first kappa shape index (κ1) is 12.2. The van der Waals surface area contributed by atoms with Crippen LogP contribution in [0.1, 0.15) is 19.3 Å². The smallest absolute Gasteiger partial charge is 0.313 e. The molecule has 0 amide bonds. The maximum Gasteiger partial charge on any atom is 0.313 e. The number of methoxy groups -OCH3 is 1. The number of ether oxygens (including phenoxy) is 1. The Morgan fingerprint density at radius 1 is 1.40 bits per heavy atom. The Hall–Kier alpha value is -0.910. The summed E-state index contributed by atoms with van der Waals surface area (Å²) in [6.07, 6.45) is 0.728. The van der Waals surface area contributed by atoms with Gasteiger partial charge in [0.2, 0.25) is 0 Å². The Morgan fingerprint density at radius 2 is 2.07 bits per heavy atom. The Labute approximate surface area is 88.7 Å². The molecule has 6 heteroatoms. The standard InChI is InChI=1S/C9H14O5S/c1-14-9(11)5-8(10)7-3-2-4-15(12,13)6-7/h7H,2-6H2,1H3. The molecular weight excluding hydrogens is 220 g/mol. The number of rotatable bonds is 3. The van der Waals surface area contributed by atoms with Crippen LogP contribution < -0.4 is 0 Å². The van der Waals surface area contributed by atoms with E-state index in [1.807, 2.05) is 0 Å². The van der Waals surface area contributed by atoms with Gasteiger partial charge in [0, 0.05) is 5.92 Å². The van der Waals surface area contributed by atoms with Crippen molar-refractivity contribution in [2.24, 2.45) is 5.92 Å². The van der Waals surface area contributed by atoms with Crippen LogP contribution in [0.3, 0.4) is 0 Å². The van der Waals surface area contributed by atoms with Gasteiger partial charge in [-0.25, -0.2) is 8.42 Å². The molecule has 1 atom stereocenters. The number of carbonyl (C=O) groups is 2. The van der Waals surface area contributed by atoms with Crippen molar-refractivity contribution < 1.29 is 22.7 Å². The molecule has 1 rings (SSSR count). The maximum absolute atomic E-state index is 11.5. The molecule has 5 nitrogen and oxygen atoms in total. The van der Waals surface area contributed by atoms with Gasteiger partial charge >= 0.3 is 5.97 Å². The fourth-order valence-electron chi connectivity index (χ4n) is 1.64. The lowest BCUT2D eigenvalue weighted by atomic mass is 9.98. The second-order valence-electron chi connectivity index (χ2n) is 3.67. The quantitative estimate of drug-likeness (QED) is 0.505. The Morgan fingerprint density at radius 3 is 2.60 bits per heavy atom. The molecule has 0 aliphatic carbocycles. The largest absolute Gasteiger partial charge is 0.469 e. The van der Waals surface area contributed by atoms with Crippen LogP contribution in [-0.2, 0) is 24.2 Å². The maximum atomic E-state index is 11.5. The molecule has 1 saturated heterocycles. The normalized spacial score (nSPS) is 24.5. The van der Waals surface area contributed by atoms with Crippen LogP contribution in [0.2, 0.25) is 0 Å². The van der Waals surface area contributed by atoms with Gasteiger partial charge in [0.05, 0.1) is 18.6 Å². The van der Waals surface area contributed by atoms with Gasteiger partial charge < -0.3 is 4.74 Å². The molecule has 15 heavy (non-hydrogen) atoms. The van der Waals surface area contributed by atoms with Crippen molar-refractivity contribution in [1.82, 2.24) is 0 Å². The molecule has 0 aromatic carbocycles.